The lowest BCUT2D eigenvalue weighted by atomic mass is 10.0. The van der Waals surface area contributed by atoms with Crippen molar-refractivity contribution in [1.29, 1.82) is 0 Å². The maximum absolute atomic E-state index is 12.6. The van der Waals surface area contributed by atoms with Gasteiger partial charge in [0, 0.05) is 82.8 Å². The van der Waals surface area contributed by atoms with Crippen molar-refractivity contribution in [3.8, 4) is 11.3 Å². The SMILES string of the molecule is O=C1CN2CCN(CC2)Cc2cc(ccc2N2CCOCC2)Cc2nccc(n2)-c2ccc(cc2)CNCCCN1. The molecule has 0 aliphatic carbocycles. The van der Waals surface area contributed by atoms with E-state index in [2.05, 4.69) is 72.8 Å². The first-order valence-electron chi connectivity index (χ1n) is 15.0. The normalized spacial score (nSPS) is 22.6. The molecule has 7 heterocycles. The zero-order chi connectivity index (χ0) is 27.9. The first-order chi connectivity index (χ1) is 20.2. The number of carbonyl (C=O) groups is 1. The minimum absolute atomic E-state index is 0.122. The summed E-state index contributed by atoms with van der Waals surface area (Å²) in [5, 5.41) is 6.58. The number of morpholine rings is 1. The van der Waals surface area contributed by atoms with E-state index in [1.54, 1.807) is 0 Å². The number of hydrogen-bond acceptors (Lipinski definition) is 8. The zero-order valence-corrected chi connectivity index (χ0v) is 23.9. The Morgan fingerprint density at radius 1 is 0.805 bits per heavy atom. The molecular weight excluding hydrogens is 514 g/mol. The number of nitrogens with one attached hydrogen (secondary N) is 2. The van der Waals surface area contributed by atoms with Crippen LogP contribution < -0.4 is 15.5 Å². The number of nitrogens with zero attached hydrogens (tertiary/aromatic N) is 5. The fourth-order valence-electron chi connectivity index (χ4n) is 5.89. The molecule has 216 valence electrons. The summed E-state index contributed by atoms with van der Waals surface area (Å²) in [5.41, 5.74) is 7.13. The minimum atomic E-state index is 0.122. The molecule has 6 aliphatic rings. The minimum Gasteiger partial charge on any atom is -0.378 e. The maximum Gasteiger partial charge on any atom is 0.234 e. The average molecular weight is 556 g/mol. The second kappa shape index (κ2) is 13.5. The molecule has 0 unspecified atom stereocenters. The van der Waals surface area contributed by atoms with Crippen LogP contribution in [0.1, 0.15) is 28.9 Å². The van der Waals surface area contributed by atoms with Gasteiger partial charge in [-0.1, -0.05) is 36.4 Å². The van der Waals surface area contributed by atoms with Crippen LogP contribution in [0.4, 0.5) is 5.69 Å². The molecule has 2 aromatic carbocycles. The average Bonchev–Trinajstić information content (AvgIpc) is 3.00. The van der Waals surface area contributed by atoms with Gasteiger partial charge in [0.25, 0.3) is 0 Å². The summed E-state index contributed by atoms with van der Waals surface area (Å²) < 4.78 is 5.64. The van der Waals surface area contributed by atoms with Crippen molar-refractivity contribution < 1.29 is 9.53 Å². The van der Waals surface area contributed by atoms with Crippen LogP contribution in [0.15, 0.2) is 54.7 Å². The van der Waals surface area contributed by atoms with Crippen molar-refractivity contribution in [3.63, 3.8) is 0 Å². The number of hydrogen-bond donors (Lipinski definition) is 2. The molecule has 1 amide bonds. The van der Waals surface area contributed by atoms with Crippen LogP contribution in [0.2, 0.25) is 0 Å². The first kappa shape index (κ1) is 27.8. The third-order valence-corrected chi connectivity index (χ3v) is 8.22. The van der Waals surface area contributed by atoms with E-state index < -0.39 is 0 Å². The number of anilines is 1. The lowest BCUT2D eigenvalue weighted by Crippen LogP contribution is -2.49. The maximum atomic E-state index is 12.6. The highest BCUT2D eigenvalue weighted by atomic mass is 16.5. The summed E-state index contributed by atoms with van der Waals surface area (Å²) in [6, 6.07) is 17.4. The van der Waals surface area contributed by atoms with E-state index in [4.69, 9.17) is 9.72 Å². The van der Waals surface area contributed by atoms with Crippen LogP contribution in [0, 0.1) is 0 Å². The Labute approximate surface area is 242 Å². The molecule has 8 bridgehead atoms. The molecule has 9 nitrogen and oxygen atoms in total. The van der Waals surface area contributed by atoms with Crippen LogP contribution in [0.25, 0.3) is 11.3 Å². The highest BCUT2D eigenvalue weighted by Crippen LogP contribution is 2.26. The van der Waals surface area contributed by atoms with E-state index >= 15 is 0 Å². The summed E-state index contributed by atoms with van der Waals surface area (Å²) in [6.07, 6.45) is 3.47. The number of aromatic nitrogens is 2. The van der Waals surface area contributed by atoms with Crippen LogP contribution in [0.3, 0.4) is 0 Å². The predicted molar refractivity (Wildman–Crippen MR) is 161 cm³/mol. The van der Waals surface area contributed by atoms with Gasteiger partial charge in [-0.2, -0.15) is 0 Å². The fraction of sp³-hybridized carbons (Fsp3) is 0.469. The number of rotatable bonds is 1. The smallest absolute Gasteiger partial charge is 0.234 e. The van der Waals surface area contributed by atoms with Crippen molar-refractivity contribution in [2.75, 3.05) is 77.0 Å². The van der Waals surface area contributed by atoms with Gasteiger partial charge in [-0.15, -0.1) is 0 Å². The molecule has 0 radical (unpaired) electrons. The largest absolute Gasteiger partial charge is 0.378 e. The van der Waals surface area contributed by atoms with Gasteiger partial charge in [0.15, 0.2) is 0 Å². The quantitative estimate of drug-likeness (QED) is 0.473. The van der Waals surface area contributed by atoms with E-state index in [0.29, 0.717) is 19.5 Å². The Morgan fingerprint density at radius 2 is 1.56 bits per heavy atom. The number of amides is 1. The molecule has 2 N–H and O–H groups in total. The van der Waals surface area contributed by atoms with Gasteiger partial charge in [-0.05, 0) is 41.8 Å². The standard InChI is InChI=1S/C32H41N7O2/c40-32-24-38-14-12-37(13-15-38)23-28-20-26(4-7-30(28)39-16-18-41-19-17-39)21-31-34-11-8-29(36-31)27-5-2-25(3-6-27)22-33-9-1-10-35-32/h2-8,11,20,33H,1,9-10,12-19,21-24H2,(H,35,40). The van der Waals surface area contributed by atoms with Gasteiger partial charge in [0.05, 0.1) is 25.5 Å². The second-order valence-electron chi connectivity index (χ2n) is 11.2. The molecule has 9 heteroatoms. The van der Waals surface area contributed by atoms with Gasteiger partial charge in [0.2, 0.25) is 5.91 Å². The molecule has 0 spiro atoms. The Balaban J connectivity index is 1.26. The Hall–Kier alpha value is -3.37. The number of benzene rings is 2. The summed E-state index contributed by atoms with van der Waals surface area (Å²) in [7, 11) is 0. The summed E-state index contributed by atoms with van der Waals surface area (Å²) in [6.45, 7) is 10.8. The second-order valence-corrected chi connectivity index (χ2v) is 11.2. The third kappa shape index (κ3) is 7.48. The van der Waals surface area contributed by atoms with Crippen molar-refractivity contribution in [2.45, 2.75) is 25.9 Å². The summed E-state index contributed by atoms with van der Waals surface area (Å²) in [4.78, 5) is 29.4. The molecule has 0 atom stereocenters. The van der Waals surface area contributed by atoms with E-state index in [0.717, 1.165) is 95.6 Å². The lowest BCUT2D eigenvalue weighted by Gasteiger charge is -2.36. The summed E-state index contributed by atoms with van der Waals surface area (Å²) in [5.74, 6) is 0.955. The first-order valence-corrected chi connectivity index (χ1v) is 15.0. The van der Waals surface area contributed by atoms with E-state index in [9.17, 15) is 4.79 Å². The number of piperazine rings is 1. The van der Waals surface area contributed by atoms with Crippen molar-refractivity contribution in [3.05, 3.63) is 77.2 Å². The molecule has 2 saturated heterocycles. The van der Waals surface area contributed by atoms with Gasteiger partial charge in [-0.25, -0.2) is 9.97 Å². The number of ether oxygens (including phenoxy) is 1. The highest BCUT2D eigenvalue weighted by Gasteiger charge is 2.22. The Bertz CT molecular complexity index is 1300. The lowest BCUT2D eigenvalue weighted by molar-refractivity contribution is -0.122. The van der Waals surface area contributed by atoms with E-state index in [1.807, 2.05) is 12.3 Å². The topological polar surface area (TPSA) is 85.9 Å². The van der Waals surface area contributed by atoms with Gasteiger partial charge in [-0.3, -0.25) is 14.6 Å². The van der Waals surface area contributed by atoms with E-state index in [-0.39, 0.29) is 5.91 Å². The molecule has 41 heavy (non-hydrogen) atoms. The molecular formula is C32H41N7O2. The van der Waals surface area contributed by atoms with Gasteiger partial charge < -0.3 is 20.3 Å². The van der Waals surface area contributed by atoms with Crippen molar-refractivity contribution in [2.24, 2.45) is 0 Å². The van der Waals surface area contributed by atoms with Crippen molar-refractivity contribution in [1.82, 2.24) is 30.4 Å². The Kier molecular flexibility index (Phi) is 9.17. The molecule has 6 aliphatic heterocycles. The van der Waals surface area contributed by atoms with Crippen LogP contribution in [0.5, 0.6) is 0 Å². The molecule has 9 rings (SSSR count). The van der Waals surface area contributed by atoms with Gasteiger partial charge in [0.1, 0.15) is 5.82 Å². The van der Waals surface area contributed by atoms with Crippen molar-refractivity contribution >= 4 is 11.6 Å². The Morgan fingerprint density at radius 3 is 2.37 bits per heavy atom. The number of carbonyl (C=O) groups excluding carboxylic acids is 1. The zero-order valence-electron chi connectivity index (χ0n) is 23.9. The van der Waals surface area contributed by atoms with Crippen LogP contribution in [-0.4, -0.2) is 97.8 Å². The van der Waals surface area contributed by atoms with Crippen LogP contribution in [-0.2, 0) is 29.0 Å². The molecule has 1 aromatic heterocycles. The summed E-state index contributed by atoms with van der Waals surface area (Å²) >= 11 is 0. The monoisotopic (exact) mass is 555 g/mol. The van der Waals surface area contributed by atoms with E-state index in [1.165, 1.54) is 22.4 Å². The molecule has 3 aromatic rings. The molecule has 0 saturated carbocycles. The predicted octanol–water partition coefficient (Wildman–Crippen LogP) is 2.30. The van der Waals surface area contributed by atoms with Gasteiger partial charge >= 0.3 is 0 Å². The fourth-order valence-corrected chi connectivity index (χ4v) is 5.89. The van der Waals surface area contributed by atoms with Crippen LogP contribution >= 0.6 is 0 Å². The third-order valence-electron chi connectivity index (χ3n) is 8.22. The molecule has 2 fully saturated rings. The highest BCUT2D eigenvalue weighted by molar-refractivity contribution is 5.78.